The van der Waals surface area contributed by atoms with Crippen LogP contribution in [0.5, 0.6) is 5.75 Å². The van der Waals surface area contributed by atoms with Gasteiger partial charge in [-0.25, -0.2) is 0 Å². The first-order chi connectivity index (χ1) is 19.2. The standard InChI is InChI=1S/C30H33BBrNO7/c1-2-4-17(11-18-12-21(32)8-9-25(18)35)7-10-26-27-19(15-34)13-23-28(24(27)16-40-26)30(37)33(29(23)36)22-6-3-5-20(14-22)31(38)39/h3,5-6,8-9,11-12,14,23-24,26,28,34-35,38-39H,2,4,7,10,13,15-16H2,1H3/b17-11+/t23-,24+,26-,28-/m1/s1. The Hall–Kier alpha value is -2.76. The molecule has 0 spiro atoms. The quantitative estimate of drug-likeness (QED) is 0.195. The lowest BCUT2D eigenvalue weighted by Gasteiger charge is -2.31. The van der Waals surface area contributed by atoms with E-state index in [-0.39, 0.29) is 41.7 Å². The van der Waals surface area contributed by atoms with Crippen LogP contribution in [0.3, 0.4) is 0 Å². The second-order valence-electron chi connectivity index (χ2n) is 10.8. The molecule has 2 aromatic rings. The molecule has 2 saturated heterocycles. The summed E-state index contributed by atoms with van der Waals surface area (Å²) in [6.07, 6.45) is 5.24. The van der Waals surface area contributed by atoms with E-state index in [0.717, 1.165) is 45.3 Å². The molecule has 2 aliphatic heterocycles. The lowest BCUT2D eigenvalue weighted by atomic mass is 9.69. The number of ether oxygens (including phenoxy) is 1. The molecule has 0 radical (unpaired) electrons. The highest BCUT2D eigenvalue weighted by molar-refractivity contribution is 9.10. The van der Waals surface area contributed by atoms with Gasteiger partial charge in [-0.1, -0.05) is 53.1 Å². The van der Waals surface area contributed by atoms with Crippen LogP contribution in [-0.2, 0) is 14.3 Å². The van der Waals surface area contributed by atoms with Crippen molar-refractivity contribution in [1.82, 2.24) is 0 Å². The molecule has 0 saturated carbocycles. The van der Waals surface area contributed by atoms with Gasteiger partial charge in [-0.15, -0.1) is 0 Å². The van der Waals surface area contributed by atoms with E-state index in [1.807, 2.05) is 12.1 Å². The molecule has 4 atom stereocenters. The number of halogens is 1. The van der Waals surface area contributed by atoms with Crippen LogP contribution in [-0.4, -0.2) is 58.5 Å². The maximum Gasteiger partial charge on any atom is 0.488 e. The van der Waals surface area contributed by atoms with Gasteiger partial charge in [-0.3, -0.25) is 14.5 Å². The topological polar surface area (TPSA) is 128 Å². The normalized spacial score (nSPS) is 24.5. The Kier molecular flexibility index (Phi) is 8.63. The Bertz CT molecular complexity index is 1370. The Morgan fingerprint density at radius 1 is 1.12 bits per heavy atom. The molecule has 2 heterocycles. The minimum Gasteiger partial charge on any atom is -0.507 e. The van der Waals surface area contributed by atoms with Gasteiger partial charge in [0.1, 0.15) is 5.75 Å². The molecule has 4 N–H and O–H groups in total. The molecule has 1 aliphatic carbocycles. The first-order valence-electron chi connectivity index (χ1n) is 13.7. The van der Waals surface area contributed by atoms with Crippen molar-refractivity contribution in [2.45, 2.75) is 45.1 Å². The maximum absolute atomic E-state index is 13.7. The first kappa shape index (κ1) is 28.8. The number of anilines is 1. The fourth-order valence-corrected chi connectivity index (χ4v) is 6.84. The van der Waals surface area contributed by atoms with E-state index in [1.165, 1.54) is 17.7 Å². The smallest absolute Gasteiger partial charge is 0.488 e. The number of phenolic OH excluding ortho intramolecular Hbond substituents is 1. The number of fused-ring (bicyclic) bond motifs is 3. The highest BCUT2D eigenvalue weighted by Crippen LogP contribution is 2.50. The van der Waals surface area contributed by atoms with E-state index in [0.29, 0.717) is 25.1 Å². The third-order valence-electron chi connectivity index (χ3n) is 8.27. The van der Waals surface area contributed by atoms with E-state index in [4.69, 9.17) is 4.74 Å². The van der Waals surface area contributed by atoms with Gasteiger partial charge in [0.05, 0.1) is 36.8 Å². The molecule has 0 aromatic heterocycles. The van der Waals surface area contributed by atoms with Crippen LogP contribution in [0.4, 0.5) is 5.69 Å². The largest absolute Gasteiger partial charge is 0.507 e. The minimum atomic E-state index is -1.72. The van der Waals surface area contributed by atoms with Crippen molar-refractivity contribution in [1.29, 1.82) is 0 Å². The van der Waals surface area contributed by atoms with Gasteiger partial charge < -0.3 is 25.0 Å². The zero-order chi connectivity index (χ0) is 28.6. The van der Waals surface area contributed by atoms with Gasteiger partial charge >= 0.3 is 7.12 Å². The number of imide groups is 1. The van der Waals surface area contributed by atoms with E-state index in [2.05, 4.69) is 22.9 Å². The predicted octanol–water partition coefficient (Wildman–Crippen LogP) is 3.31. The van der Waals surface area contributed by atoms with E-state index in [9.17, 15) is 29.9 Å². The first-order valence-corrected chi connectivity index (χ1v) is 14.5. The number of benzene rings is 2. The zero-order valence-electron chi connectivity index (χ0n) is 22.3. The van der Waals surface area contributed by atoms with Gasteiger partial charge in [-0.2, -0.15) is 0 Å². The van der Waals surface area contributed by atoms with E-state index in [1.54, 1.807) is 24.3 Å². The van der Waals surface area contributed by atoms with E-state index >= 15 is 0 Å². The number of hydrogen-bond acceptors (Lipinski definition) is 7. The second-order valence-corrected chi connectivity index (χ2v) is 11.7. The lowest BCUT2D eigenvalue weighted by molar-refractivity contribution is -0.122. The van der Waals surface area contributed by atoms with Gasteiger partial charge in [0.15, 0.2) is 0 Å². The molecule has 2 fully saturated rings. The molecule has 2 aromatic carbocycles. The van der Waals surface area contributed by atoms with Gasteiger partial charge in [0.2, 0.25) is 11.8 Å². The average molecular weight is 610 g/mol. The van der Waals surface area contributed by atoms with Crippen molar-refractivity contribution in [2.24, 2.45) is 17.8 Å². The third-order valence-corrected chi connectivity index (χ3v) is 8.77. The van der Waals surface area contributed by atoms with Crippen molar-refractivity contribution < 1.29 is 34.6 Å². The molecule has 40 heavy (non-hydrogen) atoms. The monoisotopic (exact) mass is 609 g/mol. The third kappa shape index (κ3) is 5.43. The summed E-state index contributed by atoms with van der Waals surface area (Å²) < 4.78 is 7.12. The molecule has 210 valence electrons. The molecular weight excluding hydrogens is 577 g/mol. The summed E-state index contributed by atoms with van der Waals surface area (Å²) in [5.41, 5.74) is 4.12. The fourth-order valence-electron chi connectivity index (χ4n) is 6.47. The van der Waals surface area contributed by atoms with Gasteiger partial charge in [0, 0.05) is 16.0 Å². The summed E-state index contributed by atoms with van der Waals surface area (Å²) >= 11 is 3.46. The molecule has 5 rings (SSSR count). The number of hydrogen-bond donors (Lipinski definition) is 4. The number of nitrogens with zero attached hydrogens (tertiary/aromatic N) is 1. The Labute approximate surface area is 242 Å². The van der Waals surface area contributed by atoms with Crippen molar-refractivity contribution >= 4 is 52.1 Å². The number of aliphatic hydroxyl groups excluding tert-OH is 1. The highest BCUT2D eigenvalue weighted by Gasteiger charge is 2.57. The number of rotatable bonds is 9. The molecule has 0 unspecified atom stereocenters. The zero-order valence-corrected chi connectivity index (χ0v) is 23.9. The van der Waals surface area contributed by atoms with Crippen LogP contribution < -0.4 is 10.4 Å². The Morgan fingerprint density at radius 2 is 1.93 bits per heavy atom. The van der Waals surface area contributed by atoms with Crippen LogP contribution in [0, 0.1) is 17.8 Å². The number of aliphatic hydroxyl groups is 1. The molecule has 2 amide bonds. The number of carbonyl (C=O) groups excluding carboxylic acids is 2. The van der Waals surface area contributed by atoms with Crippen molar-refractivity contribution in [2.75, 3.05) is 18.1 Å². The SMILES string of the molecule is CCC/C(=C\c1cc(Br)ccc1O)CC[C@H]1OC[C@H]2C1=C(CO)C[C@H]1C(=O)N(c3cccc(B(O)O)c3)C(=O)[C@H]12. The summed E-state index contributed by atoms with van der Waals surface area (Å²) in [4.78, 5) is 28.3. The molecule has 10 heteroatoms. The van der Waals surface area contributed by atoms with Crippen molar-refractivity contribution in [3.05, 3.63) is 69.2 Å². The summed E-state index contributed by atoms with van der Waals surface area (Å²) in [6.45, 7) is 2.20. The number of amides is 2. The molecular formula is C30H33BBrNO7. The van der Waals surface area contributed by atoms with Crippen LogP contribution in [0.15, 0.2) is 63.7 Å². The second kappa shape index (κ2) is 12.0. The van der Waals surface area contributed by atoms with Crippen LogP contribution in [0.25, 0.3) is 6.08 Å². The van der Waals surface area contributed by atoms with Gasteiger partial charge in [-0.05, 0) is 72.6 Å². The number of allylic oxidation sites excluding steroid dienone is 1. The van der Waals surface area contributed by atoms with Crippen molar-refractivity contribution in [3.63, 3.8) is 0 Å². The predicted molar refractivity (Wildman–Crippen MR) is 156 cm³/mol. The Morgan fingerprint density at radius 3 is 2.65 bits per heavy atom. The highest BCUT2D eigenvalue weighted by atomic mass is 79.9. The molecule has 3 aliphatic rings. The Balaban J connectivity index is 1.38. The summed E-state index contributed by atoms with van der Waals surface area (Å²) in [5, 5.41) is 39.8. The molecule has 0 bridgehead atoms. The van der Waals surface area contributed by atoms with Crippen molar-refractivity contribution in [3.8, 4) is 5.75 Å². The van der Waals surface area contributed by atoms with Crippen LogP contribution >= 0.6 is 15.9 Å². The summed E-state index contributed by atoms with van der Waals surface area (Å²) in [6, 6.07) is 11.5. The van der Waals surface area contributed by atoms with Crippen LogP contribution in [0.1, 0.15) is 44.6 Å². The maximum atomic E-state index is 13.7. The van der Waals surface area contributed by atoms with Gasteiger partial charge in [0.25, 0.3) is 0 Å². The number of carbonyl (C=O) groups is 2. The minimum absolute atomic E-state index is 0.194. The van der Waals surface area contributed by atoms with E-state index < -0.39 is 19.0 Å². The summed E-state index contributed by atoms with van der Waals surface area (Å²) in [7, 11) is -1.72. The lowest BCUT2D eigenvalue weighted by Crippen LogP contribution is -2.35. The molecule has 8 nitrogen and oxygen atoms in total. The number of aromatic hydroxyl groups is 1. The number of phenols is 1. The average Bonchev–Trinajstić information content (AvgIpc) is 3.47. The van der Waals surface area contributed by atoms with Crippen LogP contribution in [0.2, 0.25) is 0 Å². The fraction of sp³-hybridized carbons (Fsp3) is 0.400. The summed E-state index contributed by atoms with van der Waals surface area (Å²) in [5.74, 6) is -1.93.